The number of nitrogens with zero attached hydrogens (tertiary/aromatic N) is 2. The third-order valence-electron chi connectivity index (χ3n) is 3.56. The van der Waals surface area contributed by atoms with Gasteiger partial charge in [0.1, 0.15) is 5.82 Å². The molecule has 21 heavy (non-hydrogen) atoms. The fourth-order valence-corrected chi connectivity index (χ4v) is 2.67. The number of rotatable bonds is 5. The van der Waals surface area contributed by atoms with Crippen molar-refractivity contribution in [1.29, 1.82) is 0 Å². The summed E-state index contributed by atoms with van der Waals surface area (Å²) in [6, 6.07) is 6.91. The number of benzene rings is 1. The molecular formula is C15H22FN3OS. The van der Waals surface area contributed by atoms with Crippen molar-refractivity contribution < 1.29 is 9.13 Å². The summed E-state index contributed by atoms with van der Waals surface area (Å²) in [5.41, 5.74) is 0.677. The maximum atomic E-state index is 13.8. The third-order valence-corrected chi connectivity index (χ3v) is 3.96. The second-order valence-corrected chi connectivity index (χ2v) is 5.39. The number of halogens is 1. The number of ether oxygens (including phenoxy) is 1. The smallest absolute Gasteiger partial charge is 0.169 e. The Balaban J connectivity index is 1.78. The molecule has 1 saturated heterocycles. The van der Waals surface area contributed by atoms with Crippen molar-refractivity contribution in [2.24, 2.45) is 0 Å². The molecule has 1 N–H and O–H groups in total. The van der Waals surface area contributed by atoms with E-state index >= 15 is 0 Å². The highest BCUT2D eigenvalue weighted by Crippen LogP contribution is 2.20. The van der Waals surface area contributed by atoms with Crippen molar-refractivity contribution in [3.63, 3.8) is 0 Å². The number of thiocarbonyl (C=S) groups is 1. The van der Waals surface area contributed by atoms with E-state index in [9.17, 15) is 4.39 Å². The molecule has 1 heterocycles. The van der Waals surface area contributed by atoms with E-state index in [1.165, 1.54) is 6.07 Å². The summed E-state index contributed by atoms with van der Waals surface area (Å²) in [6.07, 6.45) is 0.936. The number of piperazine rings is 1. The van der Waals surface area contributed by atoms with Gasteiger partial charge >= 0.3 is 0 Å². The molecule has 0 bridgehead atoms. The van der Waals surface area contributed by atoms with Crippen LogP contribution >= 0.6 is 12.2 Å². The molecule has 1 fully saturated rings. The van der Waals surface area contributed by atoms with Gasteiger partial charge < -0.3 is 19.9 Å². The lowest BCUT2D eigenvalue weighted by Gasteiger charge is -2.37. The Labute approximate surface area is 130 Å². The number of methoxy groups -OCH3 is 1. The molecule has 1 aliphatic rings. The van der Waals surface area contributed by atoms with Crippen molar-refractivity contribution in [2.75, 3.05) is 51.3 Å². The highest BCUT2D eigenvalue weighted by molar-refractivity contribution is 7.80. The maximum absolute atomic E-state index is 13.8. The molecule has 0 saturated carbocycles. The van der Waals surface area contributed by atoms with Crippen LogP contribution in [0.1, 0.15) is 6.42 Å². The molecule has 0 unspecified atom stereocenters. The summed E-state index contributed by atoms with van der Waals surface area (Å²) in [7, 11) is 1.69. The van der Waals surface area contributed by atoms with Gasteiger partial charge in [-0.05, 0) is 30.8 Å². The van der Waals surface area contributed by atoms with Gasteiger partial charge in [0.15, 0.2) is 5.11 Å². The summed E-state index contributed by atoms with van der Waals surface area (Å²) < 4.78 is 18.8. The SMILES string of the molecule is COCCCNC(=S)N1CCN(c2ccccc2F)CC1. The topological polar surface area (TPSA) is 27.7 Å². The summed E-state index contributed by atoms with van der Waals surface area (Å²) in [6.45, 7) is 4.73. The van der Waals surface area contributed by atoms with Crippen LogP contribution in [0.2, 0.25) is 0 Å². The summed E-state index contributed by atoms with van der Waals surface area (Å²) >= 11 is 5.39. The van der Waals surface area contributed by atoms with Crippen LogP contribution in [0.3, 0.4) is 0 Å². The minimum atomic E-state index is -0.161. The van der Waals surface area contributed by atoms with Gasteiger partial charge in [0.25, 0.3) is 0 Å². The van der Waals surface area contributed by atoms with Crippen molar-refractivity contribution in [1.82, 2.24) is 10.2 Å². The lowest BCUT2D eigenvalue weighted by molar-refractivity contribution is 0.195. The first-order chi connectivity index (χ1) is 10.2. The Morgan fingerprint density at radius 2 is 2.00 bits per heavy atom. The first-order valence-corrected chi connectivity index (χ1v) is 7.64. The van der Waals surface area contributed by atoms with E-state index in [0.29, 0.717) is 5.69 Å². The lowest BCUT2D eigenvalue weighted by atomic mass is 10.2. The van der Waals surface area contributed by atoms with Gasteiger partial charge in [0.05, 0.1) is 5.69 Å². The highest BCUT2D eigenvalue weighted by atomic mass is 32.1. The van der Waals surface area contributed by atoms with E-state index in [1.807, 2.05) is 12.1 Å². The van der Waals surface area contributed by atoms with Gasteiger partial charge in [-0.3, -0.25) is 0 Å². The average molecular weight is 311 g/mol. The molecule has 4 nitrogen and oxygen atoms in total. The molecule has 6 heteroatoms. The number of anilines is 1. The Hall–Kier alpha value is -1.40. The molecule has 116 valence electrons. The van der Waals surface area contributed by atoms with Crippen molar-refractivity contribution in [2.45, 2.75) is 6.42 Å². The predicted molar refractivity (Wildman–Crippen MR) is 87.3 cm³/mol. The van der Waals surface area contributed by atoms with Crippen molar-refractivity contribution >= 4 is 23.0 Å². The second kappa shape index (κ2) is 8.14. The van der Waals surface area contributed by atoms with Crippen LogP contribution in [-0.2, 0) is 4.74 Å². The van der Waals surface area contributed by atoms with Crippen molar-refractivity contribution in [3.05, 3.63) is 30.1 Å². The zero-order chi connectivity index (χ0) is 15.1. The summed E-state index contributed by atoms with van der Waals surface area (Å²) in [5.74, 6) is -0.161. The molecule has 0 atom stereocenters. The van der Waals surface area contributed by atoms with E-state index in [4.69, 9.17) is 17.0 Å². The standard InChI is InChI=1S/C15H22FN3OS/c1-20-12-4-7-17-15(21)19-10-8-18(9-11-19)14-6-3-2-5-13(14)16/h2-3,5-6H,4,7-12H2,1H3,(H,17,21). The molecule has 0 amide bonds. The summed E-state index contributed by atoms with van der Waals surface area (Å²) in [4.78, 5) is 4.21. The minimum Gasteiger partial charge on any atom is -0.385 e. The Bertz CT molecular complexity index is 464. The lowest BCUT2D eigenvalue weighted by Crippen LogP contribution is -2.52. The van der Waals surface area contributed by atoms with Gasteiger partial charge in [-0.2, -0.15) is 0 Å². The number of nitrogens with one attached hydrogen (secondary N) is 1. The van der Waals surface area contributed by atoms with Crippen LogP contribution in [0.25, 0.3) is 0 Å². The molecule has 0 radical (unpaired) electrons. The van der Waals surface area contributed by atoms with E-state index < -0.39 is 0 Å². The second-order valence-electron chi connectivity index (χ2n) is 5.00. The van der Waals surface area contributed by atoms with Gasteiger partial charge in [-0.25, -0.2) is 4.39 Å². The number of hydrogen-bond donors (Lipinski definition) is 1. The minimum absolute atomic E-state index is 0.161. The quantitative estimate of drug-likeness (QED) is 0.662. The zero-order valence-corrected chi connectivity index (χ0v) is 13.2. The molecule has 0 aromatic heterocycles. The highest BCUT2D eigenvalue weighted by Gasteiger charge is 2.20. The van der Waals surface area contributed by atoms with E-state index in [-0.39, 0.29) is 5.82 Å². The van der Waals surface area contributed by atoms with Crippen molar-refractivity contribution in [3.8, 4) is 0 Å². The molecule has 1 aliphatic heterocycles. The molecular weight excluding hydrogens is 289 g/mol. The molecule has 0 spiro atoms. The van der Waals surface area contributed by atoms with Gasteiger partial charge in [0, 0.05) is 46.4 Å². The average Bonchev–Trinajstić information content (AvgIpc) is 2.52. The first-order valence-electron chi connectivity index (χ1n) is 7.23. The Kier molecular flexibility index (Phi) is 6.20. The Morgan fingerprint density at radius 3 is 2.67 bits per heavy atom. The van der Waals surface area contributed by atoms with Crippen LogP contribution < -0.4 is 10.2 Å². The van der Waals surface area contributed by atoms with Gasteiger partial charge in [-0.1, -0.05) is 12.1 Å². The zero-order valence-electron chi connectivity index (χ0n) is 12.3. The van der Waals surface area contributed by atoms with E-state index in [0.717, 1.165) is 50.9 Å². The van der Waals surface area contributed by atoms with Crippen LogP contribution in [0.15, 0.2) is 24.3 Å². The largest absolute Gasteiger partial charge is 0.385 e. The fraction of sp³-hybridized carbons (Fsp3) is 0.533. The normalized spacial score (nSPS) is 15.1. The molecule has 1 aromatic carbocycles. The van der Waals surface area contributed by atoms with Gasteiger partial charge in [-0.15, -0.1) is 0 Å². The van der Waals surface area contributed by atoms with Gasteiger partial charge in [0.2, 0.25) is 0 Å². The maximum Gasteiger partial charge on any atom is 0.169 e. The Morgan fingerprint density at radius 1 is 1.29 bits per heavy atom. The van der Waals surface area contributed by atoms with E-state index in [1.54, 1.807) is 13.2 Å². The molecule has 2 rings (SSSR count). The van der Waals surface area contributed by atoms with E-state index in [2.05, 4.69) is 15.1 Å². The predicted octanol–water partition coefficient (Wildman–Crippen LogP) is 1.86. The first kappa shape index (κ1) is 16.0. The number of hydrogen-bond acceptors (Lipinski definition) is 3. The van der Waals surface area contributed by atoms with Crippen LogP contribution in [0, 0.1) is 5.82 Å². The van der Waals surface area contributed by atoms with Crippen LogP contribution in [0.5, 0.6) is 0 Å². The monoisotopic (exact) mass is 311 g/mol. The third kappa shape index (κ3) is 4.54. The fourth-order valence-electron chi connectivity index (χ4n) is 2.38. The molecule has 0 aliphatic carbocycles. The summed E-state index contributed by atoms with van der Waals surface area (Å²) in [5, 5.41) is 4.02. The molecule has 1 aromatic rings. The number of para-hydroxylation sites is 1. The van der Waals surface area contributed by atoms with Crippen LogP contribution in [-0.4, -0.2) is 56.5 Å². The van der Waals surface area contributed by atoms with Crippen LogP contribution in [0.4, 0.5) is 10.1 Å².